The van der Waals surface area contributed by atoms with Gasteiger partial charge in [0.05, 0.1) is 11.9 Å². The van der Waals surface area contributed by atoms with Gasteiger partial charge in [-0.05, 0) is 24.0 Å². The molecule has 0 saturated carbocycles. The van der Waals surface area contributed by atoms with Crippen LogP contribution >= 0.6 is 0 Å². The van der Waals surface area contributed by atoms with E-state index in [9.17, 15) is 4.79 Å². The Hall–Kier alpha value is -1.90. The Bertz CT molecular complexity index is 505. The van der Waals surface area contributed by atoms with Crippen molar-refractivity contribution in [1.82, 2.24) is 9.97 Å². The molecule has 1 aliphatic carbocycles. The zero-order valence-corrected chi connectivity index (χ0v) is 8.81. The van der Waals surface area contributed by atoms with Crippen molar-refractivity contribution in [2.24, 2.45) is 0 Å². The highest BCUT2D eigenvalue weighted by atomic mass is 16.1. The number of imidazole rings is 1. The van der Waals surface area contributed by atoms with E-state index in [1.165, 1.54) is 11.1 Å². The number of aldehydes is 1. The van der Waals surface area contributed by atoms with Crippen molar-refractivity contribution in [3.8, 4) is 0 Å². The number of fused-ring (bicyclic) bond motifs is 1. The maximum absolute atomic E-state index is 10.6. The third kappa shape index (κ3) is 1.45. The van der Waals surface area contributed by atoms with Crippen molar-refractivity contribution >= 4 is 6.29 Å². The van der Waals surface area contributed by atoms with Crippen molar-refractivity contribution in [3.05, 3.63) is 53.1 Å². The minimum Gasteiger partial charge on any atom is -0.340 e. The molecule has 0 unspecified atom stereocenters. The lowest BCUT2D eigenvalue weighted by Crippen LogP contribution is -2.00. The minimum atomic E-state index is 0.395. The monoisotopic (exact) mass is 212 g/mol. The van der Waals surface area contributed by atoms with Crippen LogP contribution in [0.2, 0.25) is 0 Å². The summed E-state index contributed by atoms with van der Waals surface area (Å²) in [4.78, 5) is 17.9. The normalized spacial score (nSPS) is 15.0. The Morgan fingerprint density at radius 3 is 2.50 bits per heavy atom. The number of hydrogen-bond donors (Lipinski definition) is 1. The van der Waals surface area contributed by atoms with Gasteiger partial charge in [0.25, 0.3) is 0 Å². The van der Waals surface area contributed by atoms with Crippen LogP contribution < -0.4 is 0 Å². The lowest BCUT2D eigenvalue weighted by molar-refractivity contribution is 0.111. The number of H-pyrrole nitrogens is 1. The van der Waals surface area contributed by atoms with Crippen molar-refractivity contribution in [2.45, 2.75) is 18.8 Å². The van der Waals surface area contributed by atoms with Gasteiger partial charge in [-0.1, -0.05) is 24.3 Å². The zero-order valence-electron chi connectivity index (χ0n) is 8.81. The molecule has 3 rings (SSSR count). The average Bonchev–Trinajstić information content (AvgIpc) is 2.95. The molecule has 3 nitrogen and oxygen atoms in total. The van der Waals surface area contributed by atoms with Gasteiger partial charge in [-0.25, -0.2) is 4.98 Å². The molecule has 1 aliphatic rings. The van der Waals surface area contributed by atoms with Crippen LogP contribution in [0.3, 0.4) is 0 Å². The van der Waals surface area contributed by atoms with Crippen LogP contribution in [0.5, 0.6) is 0 Å². The number of benzene rings is 1. The van der Waals surface area contributed by atoms with E-state index in [1.807, 2.05) is 0 Å². The molecule has 0 spiro atoms. The summed E-state index contributed by atoms with van der Waals surface area (Å²) in [6.45, 7) is 0. The highest BCUT2D eigenvalue weighted by molar-refractivity contribution is 5.71. The number of aromatic nitrogens is 2. The van der Waals surface area contributed by atoms with E-state index in [0.29, 0.717) is 11.6 Å². The van der Waals surface area contributed by atoms with Crippen LogP contribution in [0, 0.1) is 0 Å². The van der Waals surface area contributed by atoms with E-state index in [0.717, 1.165) is 25.0 Å². The van der Waals surface area contributed by atoms with Crippen molar-refractivity contribution in [1.29, 1.82) is 0 Å². The quantitative estimate of drug-likeness (QED) is 0.775. The lowest BCUT2D eigenvalue weighted by Gasteiger charge is -2.03. The van der Waals surface area contributed by atoms with Gasteiger partial charge in [-0.3, -0.25) is 4.79 Å². The van der Waals surface area contributed by atoms with E-state index in [4.69, 9.17) is 0 Å². The summed E-state index contributed by atoms with van der Waals surface area (Å²) in [5.74, 6) is 1.32. The number of hydrogen-bond acceptors (Lipinski definition) is 2. The molecule has 0 saturated heterocycles. The average molecular weight is 212 g/mol. The molecule has 0 amide bonds. The summed E-state index contributed by atoms with van der Waals surface area (Å²) in [6.07, 6.45) is 4.44. The van der Waals surface area contributed by atoms with Gasteiger partial charge in [0, 0.05) is 5.92 Å². The minimum absolute atomic E-state index is 0.395. The van der Waals surface area contributed by atoms with Gasteiger partial charge in [-0.15, -0.1) is 0 Å². The summed E-state index contributed by atoms with van der Waals surface area (Å²) < 4.78 is 0. The molecule has 0 atom stereocenters. The number of aromatic amines is 1. The Labute approximate surface area is 93.5 Å². The molecule has 0 radical (unpaired) electrons. The summed E-state index contributed by atoms with van der Waals surface area (Å²) in [6, 6.07) is 8.47. The zero-order chi connectivity index (χ0) is 11.0. The van der Waals surface area contributed by atoms with Gasteiger partial charge >= 0.3 is 0 Å². The molecular weight excluding hydrogens is 200 g/mol. The highest BCUT2D eigenvalue weighted by Crippen LogP contribution is 2.32. The van der Waals surface area contributed by atoms with Crippen LogP contribution in [0.4, 0.5) is 0 Å². The van der Waals surface area contributed by atoms with E-state index in [1.54, 1.807) is 6.20 Å². The third-order valence-corrected chi connectivity index (χ3v) is 3.18. The van der Waals surface area contributed by atoms with Crippen LogP contribution in [-0.2, 0) is 12.8 Å². The van der Waals surface area contributed by atoms with Gasteiger partial charge in [-0.2, -0.15) is 0 Å². The van der Waals surface area contributed by atoms with E-state index < -0.39 is 0 Å². The molecule has 1 N–H and O–H groups in total. The first kappa shape index (κ1) is 9.33. The van der Waals surface area contributed by atoms with Gasteiger partial charge in [0.1, 0.15) is 5.82 Å². The second kappa shape index (κ2) is 3.59. The molecule has 1 aromatic heterocycles. The van der Waals surface area contributed by atoms with Gasteiger partial charge < -0.3 is 4.98 Å². The van der Waals surface area contributed by atoms with Gasteiger partial charge in [0.2, 0.25) is 0 Å². The predicted molar refractivity (Wildman–Crippen MR) is 60.6 cm³/mol. The Morgan fingerprint density at radius 2 is 1.94 bits per heavy atom. The standard InChI is InChI=1S/C13H12N2O/c16-8-12-7-14-13(15-12)11-5-9-3-1-2-4-10(9)6-11/h1-4,7-8,11H,5-6H2,(H,14,15). The van der Waals surface area contributed by atoms with E-state index in [2.05, 4.69) is 34.2 Å². The van der Waals surface area contributed by atoms with Crippen LogP contribution in [0.1, 0.15) is 33.4 Å². The summed E-state index contributed by atoms with van der Waals surface area (Å²) in [5, 5.41) is 0. The van der Waals surface area contributed by atoms with Crippen LogP contribution in [0.25, 0.3) is 0 Å². The number of nitrogens with zero attached hydrogens (tertiary/aromatic N) is 1. The molecule has 16 heavy (non-hydrogen) atoms. The largest absolute Gasteiger partial charge is 0.340 e. The molecule has 0 aliphatic heterocycles. The Balaban J connectivity index is 1.88. The lowest BCUT2D eigenvalue weighted by atomic mass is 10.1. The van der Waals surface area contributed by atoms with Crippen LogP contribution in [0.15, 0.2) is 30.5 Å². The molecule has 80 valence electrons. The van der Waals surface area contributed by atoms with E-state index in [-0.39, 0.29) is 0 Å². The second-order valence-electron chi connectivity index (χ2n) is 4.22. The summed E-state index contributed by atoms with van der Waals surface area (Å²) in [7, 11) is 0. The predicted octanol–water partition coefficient (Wildman–Crippen LogP) is 2.10. The maximum Gasteiger partial charge on any atom is 0.167 e. The molecular formula is C13H12N2O. The van der Waals surface area contributed by atoms with E-state index >= 15 is 0 Å². The molecule has 1 heterocycles. The maximum atomic E-state index is 10.6. The molecule has 0 bridgehead atoms. The van der Waals surface area contributed by atoms with Crippen molar-refractivity contribution < 1.29 is 4.79 Å². The Morgan fingerprint density at radius 1 is 1.25 bits per heavy atom. The first-order valence-corrected chi connectivity index (χ1v) is 5.43. The Kier molecular flexibility index (Phi) is 2.10. The highest BCUT2D eigenvalue weighted by Gasteiger charge is 2.24. The molecule has 1 aromatic carbocycles. The fourth-order valence-electron chi connectivity index (χ4n) is 2.37. The topological polar surface area (TPSA) is 45.8 Å². The molecule has 2 aromatic rings. The smallest absolute Gasteiger partial charge is 0.167 e. The van der Waals surface area contributed by atoms with Crippen LogP contribution in [-0.4, -0.2) is 16.3 Å². The second-order valence-corrected chi connectivity index (χ2v) is 4.22. The fourth-order valence-corrected chi connectivity index (χ4v) is 2.37. The van der Waals surface area contributed by atoms with Crippen molar-refractivity contribution in [3.63, 3.8) is 0 Å². The third-order valence-electron chi connectivity index (χ3n) is 3.18. The number of rotatable bonds is 2. The SMILES string of the molecule is O=Cc1cnc(C2Cc3ccccc3C2)[nH]1. The first-order valence-electron chi connectivity index (χ1n) is 5.43. The fraction of sp³-hybridized carbons (Fsp3) is 0.231. The summed E-state index contributed by atoms with van der Waals surface area (Å²) >= 11 is 0. The molecule has 0 fully saturated rings. The summed E-state index contributed by atoms with van der Waals surface area (Å²) in [5.41, 5.74) is 3.36. The number of nitrogens with one attached hydrogen (secondary N) is 1. The first-order chi connectivity index (χ1) is 7.86. The number of carbonyl (C=O) groups excluding carboxylic acids is 1. The number of carbonyl (C=O) groups is 1. The van der Waals surface area contributed by atoms with Gasteiger partial charge in [0.15, 0.2) is 6.29 Å². The molecule has 3 heteroatoms. The van der Waals surface area contributed by atoms with Crippen molar-refractivity contribution in [2.75, 3.05) is 0 Å².